The molecule has 1 aromatic heterocycles. The van der Waals surface area contributed by atoms with Crippen molar-refractivity contribution in [1.82, 2.24) is 15.3 Å². The first kappa shape index (κ1) is 29.6. The minimum Gasteiger partial charge on any atom is -0.494 e. The SMILES string of the molecule is COC(=O)CCNC(=O)c1ccc(OCCCCCCCc2cnc(-c3ccc(C(F)(F)F)cc3)nc2)cc1. The van der Waals surface area contributed by atoms with Gasteiger partial charge in [-0.25, -0.2) is 9.97 Å². The van der Waals surface area contributed by atoms with E-state index in [0.29, 0.717) is 29.3 Å². The van der Waals surface area contributed by atoms with Crippen molar-refractivity contribution in [3.05, 3.63) is 77.6 Å². The number of aromatic nitrogens is 2. The monoisotopic (exact) mass is 543 g/mol. The summed E-state index contributed by atoms with van der Waals surface area (Å²) in [6, 6.07) is 11.7. The number of carbonyl (C=O) groups is 2. The van der Waals surface area contributed by atoms with Crippen molar-refractivity contribution in [2.45, 2.75) is 51.1 Å². The summed E-state index contributed by atoms with van der Waals surface area (Å²) >= 11 is 0. The van der Waals surface area contributed by atoms with Crippen LogP contribution in [0.4, 0.5) is 13.2 Å². The van der Waals surface area contributed by atoms with Crippen LogP contribution in [0, 0.1) is 0 Å². The quantitative estimate of drug-likeness (QED) is 0.197. The number of hydrogen-bond acceptors (Lipinski definition) is 6. The molecule has 1 heterocycles. The largest absolute Gasteiger partial charge is 0.494 e. The zero-order valence-electron chi connectivity index (χ0n) is 21.8. The Morgan fingerprint density at radius 2 is 1.51 bits per heavy atom. The van der Waals surface area contributed by atoms with Crippen molar-refractivity contribution in [3.63, 3.8) is 0 Å². The van der Waals surface area contributed by atoms with Gasteiger partial charge in [-0.05, 0) is 61.2 Å². The van der Waals surface area contributed by atoms with Gasteiger partial charge in [0.15, 0.2) is 5.82 Å². The van der Waals surface area contributed by atoms with Gasteiger partial charge in [-0.15, -0.1) is 0 Å². The average molecular weight is 544 g/mol. The number of esters is 1. The van der Waals surface area contributed by atoms with Crippen LogP contribution in [0.15, 0.2) is 60.9 Å². The third-order valence-electron chi connectivity index (χ3n) is 6.01. The lowest BCUT2D eigenvalue weighted by molar-refractivity contribution is -0.140. The first-order valence-corrected chi connectivity index (χ1v) is 12.8. The number of nitrogens with one attached hydrogen (secondary N) is 1. The number of amides is 1. The van der Waals surface area contributed by atoms with Crippen LogP contribution in [0.1, 0.15) is 60.0 Å². The molecule has 0 spiro atoms. The Labute approximate surface area is 225 Å². The third kappa shape index (κ3) is 10.0. The molecule has 0 bridgehead atoms. The second-order valence-electron chi connectivity index (χ2n) is 8.96. The predicted molar refractivity (Wildman–Crippen MR) is 140 cm³/mol. The molecule has 0 aliphatic rings. The molecule has 0 aliphatic heterocycles. The molecule has 7 nitrogen and oxygen atoms in total. The van der Waals surface area contributed by atoms with Gasteiger partial charge in [0.25, 0.3) is 5.91 Å². The molecule has 0 atom stereocenters. The highest BCUT2D eigenvalue weighted by atomic mass is 19.4. The van der Waals surface area contributed by atoms with Gasteiger partial charge in [-0.2, -0.15) is 13.2 Å². The van der Waals surface area contributed by atoms with Crippen LogP contribution in [-0.2, 0) is 22.1 Å². The van der Waals surface area contributed by atoms with E-state index in [4.69, 9.17) is 4.74 Å². The molecule has 3 rings (SSSR count). The van der Waals surface area contributed by atoms with E-state index < -0.39 is 11.7 Å². The highest BCUT2D eigenvalue weighted by Gasteiger charge is 2.30. The standard InChI is InChI=1S/C29H32F3N3O4/c1-38-26(36)16-17-33-28(37)23-10-14-25(15-11-23)39-18-6-4-2-3-5-7-21-19-34-27(35-20-21)22-8-12-24(13-9-22)29(30,31)32/h8-15,19-20H,2-7,16-18H2,1H3,(H,33,37). The summed E-state index contributed by atoms with van der Waals surface area (Å²) in [6.07, 6.45) is 5.12. The molecule has 0 radical (unpaired) electrons. The number of nitrogens with zero attached hydrogens (tertiary/aromatic N) is 2. The Morgan fingerprint density at radius 1 is 0.872 bits per heavy atom. The van der Waals surface area contributed by atoms with Crippen LogP contribution < -0.4 is 10.1 Å². The summed E-state index contributed by atoms with van der Waals surface area (Å²) in [6.45, 7) is 0.805. The van der Waals surface area contributed by atoms with Crippen LogP contribution in [0.5, 0.6) is 5.75 Å². The molecular formula is C29H32F3N3O4. The number of carbonyl (C=O) groups excluding carboxylic acids is 2. The van der Waals surface area contributed by atoms with E-state index in [9.17, 15) is 22.8 Å². The smallest absolute Gasteiger partial charge is 0.416 e. The lowest BCUT2D eigenvalue weighted by Crippen LogP contribution is -2.26. The first-order chi connectivity index (χ1) is 18.8. The van der Waals surface area contributed by atoms with Gasteiger partial charge in [0.1, 0.15) is 5.75 Å². The fourth-order valence-electron chi connectivity index (χ4n) is 3.78. The average Bonchev–Trinajstić information content (AvgIpc) is 2.94. The van der Waals surface area contributed by atoms with Crippen molar-refractivity contribution < 1.29 is 32.2 Å². The Balaban J connectivity index is 1.26. The van der Waals surface area contributed by atoms with Crippen LogP contribution >= 0.6 is 0 Å². The summed E-state index contributed by atoms with van der Waals surface area (Å²) in [5.74, 6) is 0.467. The number of rotatable bonds is 14. The lowest BCUT2D eigenvalue weighted by atomic mass is 10.1. The number of ether oxygens (including phenoxy) is 2. The van der Waals surface area contributed by atoms with Gasteiger partial charge < -0.3 is 14.8 Å². The molecule has 0 fully saturated rings. The Kier molecular flexibility index (Phi) is 11.3. The summed E-state index contributed by atoms with van der Waals surface area (Å²) in [7, 11) is 1.31. The van der Waals surface area contributed by atoms with Crippen LogP contribution in [0.25, 0.3) is 11.4 Å². The maximum absolute atomic E-state index is 12.7. The Hall–Kier alpha value is -3.95. The molecule has 2 aromatic carbocycles. The summed E-state index contributed by atoms with van der Waals surface area (Å²) in [5, 5.41) is 2.67. The van der Waals surface area contributed by atoms with E-state index in [1.165, 1.54) is 19.2 Å². The van der Waals surface area contributed by atoms with Gasteiger partial charge >= 0.3 is 12.1 Å². The van der Waals surface area contributed by atoms with E-state index in [0.717, 1.165) is 56.2 Å². The number of halogens is 3. The molecule has 0 unspecified atom stereocenters. The number of hydrogen-bond donors (Lipinski definition) is 1. The maximum Gasteiger partial charge on any atom is 0.416 e. The van der Waals surface area contributed by atoms with E-state index in [2.05, 4.69) is 20.0 Å². The Morgan fingerprint density at radius 3 is 2.15 bits per heavy atom. The van der Waals surface area contributed by atoms with Crippen molar-refractivity contribution in [2.24, 2.45) is 0 Å². The highest BCUT2D eigenvalue weighted by molar-refractivity contribution is 5.94. The molecule has 10 heteroatoms. The molecule has 0 saturated heterocycles. The molecular weight excluding hydrogens is 511 g/mol. The van der Waals surface area contributed by atoms with Gasteiger partial charge in [0.2, 0.25) is 0 Å². The zero-order valence-corrected chi connectivity index (χ0v) is 21.8. The van der Waals surface area contributed by atoms with Gasteiger partial charge in [0, 0.05) is 30.1 Å². The number of methoxy groups -OCH3 is 1. The molecule has 3 aromatic rings. The second kappa shape index (κ2) is 14.8. The van der Waals surface area contributed by atoms with Crippen molar-refractivity contribution in [2.75, 3.05) is 20.3 Å². The van der Waals surface area contributed by atoms with E-state index >= 15 is 0 Å². The third-order valence-corrected chi connectivity index (χ3v) is 6.01. The fourth-order valence-corrected chi connectivity index (χ4v) is 3.78. The van der Waals surface area contributed by atoms with Crippen LogP contribution in [-0.4, -0.2) is 42.1 Å². The zero-order chi connectivity index (χ0) is 28.1. The fraction of sp³-hybridized carbons (Fsp3) is 0.379. The van der Waals surface area contributed by atoms with Crippen molar-refractivity contribution >= 4 is 11.9 Å². The normalized spacial score (nSPS) is 11.2. The molecule has 1 N–H and O–H groups in total. The number of unbranched alkanes of at least 4 members (excludes halogenated alkanes) is 4. The maximum atomic E-state index is 12.7. The predicted octanol–water partition coefficient (Wildman–Crippen LogP) is 6.03. The summed E-state index contributed by atoms with van der Waals surface area (Å²) in [4.78, 5) is 31.8. The molecule has 0 aliphatic carbocycles. The second-order valence-corrected chi connectivity index (χ2v) is 8.96. The molecule has 1 amide bonds. The molecule has 0 saturated carbocycles. The minimum absolute atomic E-state index is 0.125. The van der Waals surface area contributed by atoms with E-state index in [1.807, 2.05) is 0 Å². The van der Waals surface area contributed by atoms with Gasteiger partial charge in [0.05, 0.1) is 25.7 Å². The lowest BCUT2D eigenvalue weighted by Gasteiger charge is -2.08. The van der Waals surface area contributed by atoms with Gasteiger partial charge in [-0.3, -0.25) is 9.59 Å². The van der Waals surface area contributed by atoms with Crippen molar-refractivity contribution in [3.8, 4) is 17.1 Å². The van der Waals surface area contributed by atoms with Gasteiger partial charge in [-0.1, -0.05) is 31.4 Å². The number of aryl methyl sites for hydroxylation is 1. The first-order valence-electron chi connectivity index (χ1n) is 12.8. The van der Waals surface area contributed by atoms with Crippen molar-refractivity contribution in [1.29, 1.82) is 0 Å². The number of alkyl halides is 3. The van der Waals surface area contributed by atoms with Crippen LogP contribution in [0.2, 0.25) is 0 Å². The highest BCUT2D eigenvalue weighted by Crippen LogP contribution is 2.30. The van der Waals surface area contributed by atoms with Crippen LogP contribution in [0.3, 0.4) is 0 Å². The van der Waals surface area contributed by atoms with E-state index in [1.54, 1.807) is 36.7 Å². The Bertz CT molecular complexity index is 1180. The summed E-state index contributed by atoms with van der Waals surface area (Å²) in [5.41, 5.74) is 1.34. The minimum atomic E-state index is -4.36. The van der Waals surface area contributed by atoms with E-state index in [-0.39, 0.29) is 24.8 Å². The molecule has 39 heavy (non-hydrogen) atoms. The number of benzene rings is 2. The summed E-state index contributed by atoms with van der Waals surface area (Å²) < 4.78 is 48.4. The topological polar surface area (TPSA) is 90.4 Å². The molecule has 208 valence electrons.